The van der Waals surface area contributed by atoms with Gasteiger partial charge in [0.05, 0.1) is 26.9 Å². The zero-order chi connectivity index (χ0) is 18.5. The molecule has 2 atom stereocenters. The van der Waals surface area contributed by atoms with Gasteiger partial charge in [-0.3, -0.25) is 9.59 Å². The average molecular weight is 359 g/mol. The highest BCUT2D eigenvalue weighted by Crippen LogP contribution is 2.39. The number of allylic oxidation sites excluding steroid dienone is 2. The van der Waals surface area contributed by atoms with Gasteiger partial charge in [-0.15, -0.1) is 0 Å². The van der Waals surface area contributed by atoms with E-state index in [1.165, 1.54) is 0 Å². The molecule has 0 N–H and O–H groups in total. The molecule has 0 aromatic heterocycles. The van der Waals surface area contributed by atoms with Gasteiger partial charge in [-0.25, -0.2) is 0 Å². The molecule has 0 unspecified atom stereocenters. The summed E-state index contributed by atoms with van der Waals surface area (Å²) in [5.41, 5.74) is 1.88. The highest BCUT2D eigenvalue weighted by atomic mass is 16.5. The molecule has 26 heavy (non-hydrogen) atoms. The molecule has 0 saturated carbocycles. The SMILES string of the molecule is CCOC(=O)[C@H]1C(=O)C=C(N2CCOCC2)C[C@@H]1c1cccc(OC)c1. The summed E-state index contributed by atoms with van der Waals surface area (Å²) >= 11 is 0. The largest absolute Gasteiger partial charge is 0.497 e. The molecular formula is C20H25NO5. The summed E-state index contributed by atoms with van der Waals surface area (Å²) in [4.78, 5) is 27.5. The fraction of sp³-hybridized carbons (Fsp3) is 0.500. The number of hydrogen-bond donors (Lipinski definition) is 0. The predicted octanol–water partition coefficient (Wildman–Crippen LogP) is 2.15. The molecule has 1 aliphatic carbocycles. The van der Waals surface area contributed by atoms with Crippen molar-refractivity contribution < 1.29 is 23.8 Å². The zero-order valence-electron chi connectivity index (χ0n) is 15.3. The number of carbonyl (C=O) groups is 2. The van der Waals surface area contributed by atoms with Crippen LogP contribution < -0.4 is 4.74 Å². The van der Waals surface area contributed by atoms with E-state index in [1.807, 2.05) is 24.3 Å². The summed E-state index contributed by atoms with van der Waals surface area (Å²) in [6.45, 7) is 4.82. The van der Waals surface area contributed by atoms with Gasteiger partial charge in [0.2, 0.25) is 0 Å². The number of ether oxygens (including phenoxy) is 3. The Morgan fingerprint density at radius 3 is 2.77 bits per heavy atom. The summed E-state index contributed by atoms with van der Waals surface area (Å²) in [6, 6.07) is 7.57. The second-order valence-corrected chi connectivity index (χ2v) is 6.45. The van der Waals surface area contributed by atoms with Crippen LogP contribution in [0.25, 0.3) is 0 Å². The van der Waals surface area contributed by atoms with E-state index in [1.54, 1.807) is 20.1 Å². The van der Waals surface area contributed by atoms with E-state index < -0.39 is 11.9 Å². The van der Waals surface area contributed by atoms with Crippen molar-refractivity contribution in [1.82, 2.24) is 4.90 Å². The lowest BCUT2D eigenvalue weighted by Crippen LogP contribution is -2.41. The molecule has 6 heteroatoms. The van der Waals surface area contributed by atoms with Crippen molar-refractivity contribution in [3.8, 4) is 5.75 Å². The van der Waals surface area contributed by atoms with Crippen molar-refractivity contribution in [2.75, 3.05) is 40.0 Å². The minimum absolute atomic E-state index is 0.191. The standard InChI is InChI=1S/C20H25NO5/c1-3-26-20(23)19-17(14-5-4-6-16(11-14)24-2)12-15(13-18(19)22)21-7-9-25-10-8-21/h4-6,11,13,17,19H,3,7-10,12H2,1-2H3/t17-,19-/m1/s1. The number of rotatable bonds is 5. The van der Waals surface area contributed by atoms with Crippen LogP contribution in [0, 0.1) is 5.92 Å². The highest BCUT2D eigenvalue weighted by Gasteiger charge is 2.40. The number of ketones is 1. The van der Waals surface area contributed by atoms with Crippen LogP contribution >= 0.6 is 0 Å². The Morgan fingerprint density at radius 1 is 1.31 bits per heavy atom. The van der Waals surface area contributed by atoms with Gasteiger partial charge in [0.25, 0.3) is 0 Å². The fourth-order valence-corrected chi connectivity index (χ4v) is 3.62. The first-order valence-electron chi connectivity index (χ1n) is 9.01. The van der Waals surface area contributed by atoms with E-state index in [9.17, 15) is 9.59 Å². The van der Waals surface area contributed by atoms with Crippen LogP contribution in [0.3, 0.4) is 0 Å². The second-order valence-electron chi connectivity index (χ2n) is 6.45. The Morgan fingerprint density at radius 2 is 2.08 bits per heavy atom. The summed E-state index contributed by atoms with van der Waals surface area (Å²) in [7, 11) is 1.60. The molecule has 1 aromatic rings. The number of methoxy groups -OCH3 is 1. The number of carbonyl (C=O) groups excluding carboxylic acids is 2. The summed E-state index contributed by atoms with van der Waals surface area (Å²) in [5, 5.41) is 0. The van der Waals surface area contributed by atoms with Crippen molar-refractivity contribution in [2.24, 2.45) is 5.92 Å². The topological polar surface area (TPSA) is 65.1 Å². The number of morpholine rings is 1. The van der Waals surface area contributed by atoms with Crippen molar-refractivity contribution in [2.45, 2.75) is 19.3 Å². The molecule has 6 nitrogen and oxygen atoms in total. The Balaban J connectivity index is 1.94. The van der Waals surface area contributed by atoms with Crippen LogP contribution in [0.15, 0.2) is 36.0 Å². The van der Waals surface area contributed by atoms with E-state index in [2.05, 4.69) is 4.90 Å². The third kappa shape index (κ3) is 3.90. The predicted molar refractivity (Wildman–Crippen MR) is 96.0 cm³/mol. The van der Waals surface area contributed by atoms with Crippen LogP contribution in [0.2, 0.25) is 0 Å². The zero-order valence-corrected chi connectivity index (χ0v) is 15.3. The maximum Gasteiger partial charge on any atom is 0.317 e. The van der Waals surface area contributed by atoms with Gasteiger partial charge in [-0.05, 0) is 31.0 Å². The molecule has 2 aliphatic rings. The molecule has 1 saturated heterocycles. The van der Waals surface area contributed by atoms with Crippen molar-refractivity contribution in [3.05, 3.63) is 41.6 Å². The Labute approximate surface area is 153 Å². The molecule has 0 spiro atoms. The molecule has 1 aliphatic heterocycles. The summed E-state index contributed by atoms with van der Waals surface area (Å²) < 4.78 is 15.9. The lowest BCUT2D eigenvalue weighted by Gasteiger charge is -2.37. The lowest BCUT2D eigenvalue weighted by molar-refractivity contribution is -0.152. The molecule has 0 amide bonds. The minimum atomic E-state index is -0.813. The molecule has 0 radical (unpaired) electrons. The van der Waals surface area contributed by atoms with Gasteiger partial charge >= 0.3 is 5.97 Å². The van der Waals surface area contributed by atoms with Gasteiger partial charge in [-0.2, -0.15) is 0 Å². The summed E-state index contributed by atoms with van der Waals surface area (Å²) in [6.07, 6.45) is 2.23. The number of nitrogens with zero attached hydrogens (tertiary/aromatic N) is 1. The normalized spacial score (nSPS) is 23.4. The monoisotopic (exact) mass is 359 g/mol. The number of benzene rings is 1. The van der Waals surface area contributed by atoms with E-state index in [4.69, 9.17) is 14.2 Å². The van der Waals surface area contributed by atoms with Crippen molar-refractivity contribution >= 4 is 11.8 Å². The van der Waals surface area contributed by atoms with Crippen LogP contribution in [0.5, 0.6) is 5.75 Å². The minimum Gasteiger partial charge on any atom is -0.497 e. The van der Waals surface area contributed by atoms with Gasteiger partial charge in [0.1, 0.15) is 11.7 Å². The number of hydrogen-bond acceptors (Lipinski definition) is 6. The maximum absolute atomic E-state index is 12.8. The quantitative estimate of drug-likeness (QED) is 0.593. The van der Waals surface area contributed by atoms with E-state index in [0.29, 0.717) is 25.4 Å². The molecule has 0 bridgehead atoms. The smallest absolute Gasteiger partial charge is 0.317 e. The van der Waals surface area contributed by atoms with Crippen LogP contribution in [0.4, 0.5) is 0 Å². The van der Waals surface area contributed by atoms with E-state index >= 15 is 0 Å². The van der Waals surface area contributed by atoms with Crippen LogP contribution in [-0.2, 0) is 19.1 Å². The first-order chi connectivity index (χ1) is 12.6. The molecule has 3 rings (SSSR count). The highest BCUT2D eigenvalue weighted by molar-refractivity contribution is 6.07. The van der Waals surface area contributed by atoms with Gasteiger partial charge < -0.3 is 19.1 Å². The van der Waals surface area contributed by atoms with Gasteiger partial charge in [0, 0.05) is 30.8 Å². The molecule has 1 aromatic carbocycles. The van der Waals surface area contributed by atoms with Crippen LogP contribution in [0.1, 0.15) is 24.8 Å². The Hall–Kier alpha value is -2.34. The Kier molecular flexibility index (Phi) is 5.93. The first kappa shape index (κ1) is 18.5. The van der Waals surface area contributed by atoms with E-state index in [-0.39, 0.29) is 18.3 Å². The van der Waals surface area contributed by atoms with E-state index in [0.717, 1.165) is 24.4 Å². The molecule has 1 fully saturated rings. The van der Waals surface area contributed by atoms with Gasteiger partial charge in [-0.1, -0.05) is 12.1 Å². The van der Waals surface area contributed by atoms with Gasteiger partial charge in [0.15, 0.2) is 5.78 Å². The second kappa shape index (κ2) is 8.36. The first-order valence-corrected chi connectivity index (χ1v) is 9.01. The molecular weight excluding hydrogens is 334 g/mol. The van der Waals surface area contributed by atoms with Crippen molar-refractivity contribution in [1.29, 1.82) is 0 Å². The average Bonchev–Trinajstić information content (AvgIpc) is 2.68. The van der Waals surface area contributed by atoms with Crippen LogP contribution in [-0.4, -0.2) is 56.7 Å². The maximum atomic E-state index is 12.8. The lowest BCUT2D eigenvalue weighted by atomic mass is 9.76. The Bertz CT molecular complexity index is 693. The third-order valence-corrected chi connectivity index (χ3v) is 4.93. The summed E-state index contributed by atoms with van der Waals surface area (Å²) in [5.74, 6) is -1.02. The number of esters is 1. The van der Waals surface area contributed by atoms with Crippen molar-refractivity contribution in [3.63, 3.8) is 0 Å². The molecule has 1 heterocycles. The molecule has 140 valence electrons. The fourth-order valence-electron chi connectivity index (χ4n) is 3.62. The third-order valence-electron chi connectivity index (χ3n) is 4.93.